The number of fused-ring (bicyclic) bond motifs is 1. The number of alkyl halides is 3. The van der Waals surface area contributed by atoms with Crippen molar-refractivity contribution in [3.63, 3.8) is 0 Å². The largest absolute Gasteiger partial charge is 0.475 e. The molecule has 2 N–H and O–H groups in total. The first kappa shape index (κ1) is 26.6. The van der Waals surface area contributed by atoms with Crippen molar-refractivity contribution in [1.82, 2.24) is 19.5 Å². The molecule has 5 rings (SSSR count). The fourth-order valence-corrected chi connectivity index (χ4v) is 4.90. The lowest BCUT2D eigenvalue weighted by atomic mass is 9.80. The third kappa shape index (κ3) is 5.46. The van der Waals surface area contributed by atoms with Crippen molar-refractivity contribution >= 4 is 23.0 Å². The second kappa shape index (κ2) is 10.3. The van der Waals surface area contributed by atoms with Crippen LogP contribution in [0.15, 0.2) is 48.5 Å². The molecule has 1 aliphatic carbocycles. The minimum absolute atomic E-state index is 0.0423. The predicted molar refractivity (Wildman–Crippen MR) is 143 cm³/mol. The molecule has 1 fully saturated rings. The highest BCUT2D eigenvalue weighted by atomic mass is 19.4. The van der Waals surface area contributed by atoms with Gasteiger partial charge in [-0.05, 0) is 60.9 Å². The van der Waals surface area contributed by atoms with Gasteiger partial charge in [-0.2, -0.15) is 13.2 Å². The zero-order valence-corrected chi connectivity index (χ0v) is 22.0. The molecule has 1 atom stereocenters. The van der Waals surface area contributed by atoms with Crippen molar-refractivity contribution in [3.8, 4) is 11.4 Å². The maximum atomic E-state index is 13.2. The molecular formula is C29H30F3N5O2. The molecule has 7 nitrogen and oxygen atoms in total. The number of benzene rings is 2. The Morgan fingerprint density at radius 1 is 1.08 bits per heavy atom. The van der Waals surface area contributed by atoms with Gasteiger partial charge in [0.2, 0.25) is 5.82 Å². The Morgan fingerprint density at radius 3 is 2.38 bits per heavy atom. The van der Waals surface area contributed by atoms with E-state index < -0.39 is 17.7 Å². The first-order valence-electron chi connectivity index (χ1n) is 13.1. The van der Waals surface area contributed by atoms with Gasteiger partial charge in [0, 0.05) is 18.2 Å². The van der Waals surface area contributed by atoms with E-state index in [1.165, 1.54) is 12.1 Å². The van der Waals surface area contributed by atoms with E-state index in [9.17, 15) is 23.1 Å². The van der Waals surface area contributed by atoms with Crippen LogP contribution in [-0.2, 0) is 12.7 Å². The van der Waals surface area contributed by atoms with E-state index in [1.807, 2.05) is 35.8 Å². The van der Waals surface area contributed by atoms with Gasteiger partial charge in [0.05, 0.1) is 5.56 Å². The maximum Gasteiger partial charge on any atom is 0.416 e. The number of aromatic carboxylic acids is 1. The minimum Gasteiger partial charge on any atom is -0.475 e. The van der Waals surface area contributed by atoms with Crippen LogP contribution in [0.3, 0.4) is 0 Å². The highest BCUT2D eigenvalue weighted by Crippen LogP contribution is 2.35. The Bertz CT molecular complexity index is 1510. The van der Waals surface area contributed by atoms with Crippen LogP contribution in [0.1, 0.15) is 73.3 Å². The van der Waals surface area contributed by atoms with E-state index in [1.54, 1.807) is 0 Å². The molecule has 0 spiro atoms. The molecule has 39 heavy (non-hydrogen) atoms. The second-order valence-electron chi connectivity index (χ2n) is 10.5. The van der Waals surface area contributed by atoms with Gasteiger partial charge in [-0.3, -0.25) is 0 Å². The second-order valence-corrected chi connectivity index (χ2v) is 10.5. The lowest BCUT2D eigenvalue weighted by Gasteiger charge is -2.32. The smallest absolute Gasteiger partial charge is 0.416 e. The van der Waals surface area contributed by atoms with Gasteiger partial charge in [-0.25, -0.2) is 19.7 Å². The normalized spacial score (nSPS) is 14.9. The van der Waals surface area contributed by atoms with Crippen molar-refractivity contribution in [3.05, 3.63) is 71.0 Å². The monoisotopic (exact) mass is 537 g/mol. The summed E-state index contributed by atoms with van der Waals surface area (Å²) in [5.41, 5.74) is 2.51. The van der Waals surface area contributed by atoms with Crippen LogP contribution in [0.25, 0.3) is 22.6 Å². The van der Waals surface area contributed by atoms with Crippen LogP contribution >= 0.6 is 0 Å². The lowest BCUT2D eigenvalue weighted by Crippen LogP contribution is -2.31. The summed E-state index contributed by atoms with van der Waals surface area (Å²) in [6.07, 6.45) is -1.13. The number of halogens is 3. The number of hydrogen-bond donors (Lipinski definition) is 2. The molecule has 0 saturated heterocycles. The average molecular weight is 538 g/mol. The van der Waals surface area contributed by atoms with E-state index in [4.69, 9.17) is 4.98 Å². The molecule has 0 aliphatic heterocycles. The van der Waals surface area contributed by atoms with E-state index in [0.29, 0.717) is 28.6 Å². The Balaban J connectivity index is 1.69. The van der Waals surface area contributed by atoms with Gasteiger partial charge < -0.3 is 15.0 Å². The Kier molecular flexibility index (Phi) is 7.05. The molecular weight excluding hydrogens is 507 g/mol. The fourth-order valence-electron chi connectivity index (χ4n) is 4.90. The predicted octanol–water partition coefficient (Wildman–Crippen LogP) is 6.98. The highest BCUT2D eigenvalue weighted by molar-refractivity contribution is 5.92. The molecule has 2 aromatic carbocycles. The zero-order chi connectivity index (χ0) is 27.9. The summed E-state index contributed by atoms with van der Waals surface area (Å²) in [6, 6.07) is 12.9. The molecule has 2 aromatic heterocycles. The molecule has 1 saturated carbocycles. The zero-order valence-electron chi connectivity index (χ0n) is 22.0. The summed E-state index contributed by atoms with van der Waals surface area (Å²) >= 11 is 0. The van der Waals surface area contributed by atoms with E-state index >= 15 is 0 Å². The van der Waals surface area contributed by atoms with Crippen LogP contribution in [0.5, 0.6) is 0 Å². The van der Waals surface area contributed by atoms with Crippen LogP contribution in [0.4, 0.5) is 19.0 Å². The molecule has 4 aromatic rings. The number of anilines is 1. The standard InChI is InChI=1S/C29H30F3N5O2/c1-16(2)20-8-5-9-21(14-20)27-36-25-23(37(27)15-18-10-12-22(13-11-18)29(30,31)32)24(34-26(35-25)28(38)39)33-17(3)19-6-4-7-19/h5,8-14,16-17,19H,4,6-7,15H2,1-3H3,(H,38,39)(H,33,34,35). The number of nitrogens with one attached hydrogen (secondary N) is 1. The van der Waals surface area contributed by atoms with Crippen molar-refractivity contribution < 1.29 is 23.1 Å². The number of carboxylic acid groups (broad SMARTS) is 1. The molecule has 1 aliphatic rings. The molecule has 10 heteroatoms. The van der Waals surface area contributed by atoms with E-state index in [-0.39, 0.29) is 30.0 Å². The Labute approximate surface area is 224 Å². The van der Waals surface area contributed by atoms with Gasteiger partial charge in [0.15, 0.2) is 11.5 Å². The summed E-state index contributed by atoms with van der Waals surface area (Å²) in [5, 5.41) is 13.1. The minimum atomic E-state index is -4.43. The van der Waals surface area contributed by atoms with Gasteiger partial charge in [-0.1, -0.05) is 50.6 Å². The summed E-state index contributed by atoms with van der Waals surface area (Å²) in [5.74, 6) is -0.0520. The number of hydrogen-bond acceptors (Lipinski definition) is 5. The average Bonchev–Trinajstić information content (AvgIpc) is 3.21. The third-order valence-electron chi connectivity index (χ3n) is 7.45. The van der Waals surface area contributed by atoms with Crippen LogP contribution in [0, 0.1) is 5.92 Å². The molecule has 204 valence electrons. The SMILES string of the molecule is CC(C)c1cccc(-c2nc3nc(C(=O)O)nc(NC(C)C4CCC4)c3n2Cc2ccc(C(F)(F)F)cc2)c1. The van der Waals surface area contributed by atoms with Gasteiger partial charge >= 0.3 is 12.1 Å². The quantitative estimate of drug-likeness (QED) is 0.252. The Morgan fingerprint density at radius 2 is 1.79 bits per heavy atom. The van der Waals surface area contributed by atoms with Gasteiger partial charge in [0.25, 0.3) is 0 Å². The summed E-state index contributed by atoms with van der Waals surface area (Å²) in [4.78, 5) is 25.2. The Hall–Kier alpha value is -3.95. The molecule has 1 unspecified atom stereocenters. The first-order valence-corrected chi connectivity index (χ1v) is 13.1. The van der Waals surface area contributed by atoms with Crippen molar-refractivity contribution in [2.45, 2.75) is 64.7 Å². The van der Waals surface area contributed by atoms with Crippen molar-refractivity contribution in [1.29, 1.82) is 0 Å². The number of aromatic nitrogens is 4. The fraction of sp³-hybridized carbons (Fsp3) is 0.379. The summed E-state index contributed by atoms with van der Waals surface area (Å²) in [7, 11) is 0. The maximum absolute atomic E-state index is 13.2. The van der Waals surface area contributed by atoms with Gasteiger partial charge in [0.1, 0.15) is 11.3 Å². The van der Waals surface area contributed by atoms with Crippen LogP contribution in [0.2, 0.25) is 0 Å². The van der Waals surface area contributed by atoms with Crippen LogP contribution < -0.4 is 5.32 Å². The number of rotatable bonds is 8. The number of carbonyl (C=O) groups is 1. The van der Waals surface area contributed by atoms with Crippen molar-refractivity contribution in [2.24, 2.45) is 5.92 Å². The number of imidazole rings is 1. The molecule has 0 radical (unpaired) electrons. The topological polar surface area (TPSA) is 92.9 Å². The van der Waals surface area contributed by atoms with E-state index in [2.05, 4.69) is 29.1 Å². The summed E-state index contributed by atoms with van der Waals surface area (Å²) in [6.45, 7) is 6.40. The third-order valence-corrected chi connectivity index (χ3v) is 7.45. The summed E-state index contributed by atoms with van der Waals surface area (Å²) < 4.78 is 41.4. The molecule has 0 amide bonds. The highest BCUT2D eigenvalue weighted by Gasteiger charge is 2.30. The van der Waals surface area contributed by atoms with Crippen molar-refractivity contribution in [2.75, 3.05) is 5.32 Å². The van der Waals surface area contributed by atoms with Crippen LogP contribution in [-0.4, -0.2) is 36.6 Å². The van der Waals surface area contributed by atoms with Gasteiger partial charge in [-0.15, -0.1) is 0 Å². The molecule has 2 heterocycles. The van der Waals surface area contributed by atoms with E-state index in [0.717, 1.165) is 42.5 Å². The first-order chi connectivity index (χ1) is 18.5. The molecule has 0 bridgehead atoms. The number of carboxylic acids is 1. The number of nitrogens with zero attached hydrogens (tertiary/aromatic N) is 4. The lowest BCUT2D eigenvalue weighted by molar-refractivity contribution is -0.137.